The standard InChI is InChI=1S/C10H15BrN4O/c11-8-6-13-10(15-12)14-9(8)16-5-4-7-2-1-3-7/h6-7H,1-5,12H2,(H,13,14,15). The maximum atomic E-state index is 5.59. The van der Waals surface area contributed by atoms with E-state index in [0.717, 1.165) is 16.8 Å². The molecule has 0 atom stereocenters. The summed E-state index contributed by atoms with van der Waals surface area (Å²) in [5, 5.41) is 0. The molecule has 0 bridgehead atoms. The predicted molar refractivity (Wildman–Crippen MR) is 65.0 cm³/mol. The Bertz CT molecular complexity index is 357. The molecule has 88 valence electrons. The maximum absolute atomic E-state index is 5.59. The zero-order valence-electron chi connectivity index (χ0n) is 8.95. The highest BCUT2D eigenvalue weighted by Crippen LogP contribution is 2.30. The van der Waals surface area contributed by atoms with E-state index in [9.17, 15) is 0 Å². The van der Waals surface area contributed by atoms with Gasteiger partial charge in [0.2, 0.25) is 11.8 Å². The van der Waals surface area contributed by atoms with Crippen molar-refractivity contribution >= 4 is 21.9 Å². The first-order valence-corrected chi connectivity index (χ1v) is 6.21. The predicted octanol–water partition coefficient (Wildman–Crippen LogP) is 2.09. The molecule has 0 spiro atoms. The van der Waals surface area contributed by atoms with E-state index in [1.165, 1.54) is 19.3 Å². The highest BCUT2D eigenvalue weighted by atomic mass is 79.9. The third-order valence-electron chi connectivity index (χ3n) is 2.83. The van der Waals surface area contributed by atoms with Crippen molar-refractivity contribution in [1.29, 1.82) is 0 Å². The number of hydrogen-bond donors (Lipinski definition) is 2. The molecule has 0 aromatic carbocycles. The Kier molecular flexibility index (Phi) is 3.95. The summed E-state index contributed by atoms with van der Waals surface area (Å²) in [6, 6.07) is 0. The van der Waals surface area contributed by atoms with Crippen LogP contribution in [0, 0.1) is 5.92 Å². The monoisotopic (exact) mass is 286 g/mol. The molecular formula is C10H15BrN4O. The molecule has 16 heavy (non-hydrogen) atoms. The van der Waals surface area contributed by atoms with E-state index >= 15 is 0 Å². The smallest absolute Gasteiger partial charge is 0.240 e. The molecule has 1 aliphatic carbocycles. The first-order valence-electron chi connectivity index (χ1n) is 5.41. The van der Waals surface area contributed by atoms with Crippen LogP contribution in [0.1, 0.15) is 25.7 Å². The molecule has 3 N–H and O–H groups in total. The van der Waals surface area contributed by atoms with Crippen LogP contribution >= 0.6 is 15.9 Å². The van der Waals surface area contributed by atoms with Crippen LogP contribution in [0.2, 0.25) is 0 Å². The van der Waals surface area contributed by atoms with Crippen molar-refractivity contribution in [1.82, 2.24) is 9.97 Å². The Morgan fingerprint density at radius 1 is 1.56 bits per heavy atom. The molecule has 1 aromatic rings. The van der Waals surface area contributed by atoms with Gasteiger partial charge in [0.1, 0.15) is 0 Å². The van der Waals surface area contributed by atoms with Crippen molar-refractivity contribution in [3.63, 3.8) is 0 Å². The van der Waals surface area contributed by atoms with E-state index in [2.05, 4.69) is 31.3 Å². The maximum Gasteiger partial charge on any atom is 0.240 e. The molecule has 6 heteroatoms. The van der Waals surface area contributed by atoms with Gasteiger partial charge in [-0.3, -0.25) is 5.43 Å². The SMILES string of the molecule is NNc1ncc(Br)c(OCCC2CCC2)n1. The van der Waals surface area contributed by atoms with Gasteiger partial charge < -0.3 is 4.74 Å². The second-order valence-corrected chi connectivity index (χ2v) is 4.78. The summed E-state index contributed by atoms with van der Waals surface area (Å²) in [5.74, 6) is 6.98. The summed E-state index contributed by atoms with van der Waals surface area (Å²) in [5.41, 5.74) is 2.39. The van der Waals surface area contributed by atoms with E-state index < -0.39 is 0 Å². The first-order chi connectivity index (χ1) is 7.79. The van der Waals surface area contributed by atoms with E-state index in [1.807, 2.05) is 0 Å². The van der Waals surface area contributed by atoms with Gasteiger partial charge in [-0.05, 0) is 28.3 Å². The fourth-order valence-corrected chi connectivity index (χ4v) is 1.93. The zero-order chi connectivity index (χ0) is 11.4. The third-order valence-corrected chi connectivity index (χ3v) is 3.37. The second-order valence-electron chi connectivity index (χ2n) is 3.93. The number of nitrogen functional groups attached to an aromatic ring is 1. The van der Waals surface area contributed by atoms with Crippen LogP contribution in [0.5, 0.6) is 5.88 Å². The summed E-state index contributed by atoms with van der Waals surface area (Å²) in [6.07, 6.45) is 6.76. The lowest BCUT2D eigenvalue weighted by Gasteiger charge is -2.24. The van der Waals surface area contributed by atoms with E-state index in [0.29, 0.717) is 18.4 Å². The van der Waals surface area contributed by atoms with Gasteiger partial charge in [0.15, 0.2) is 0 Å². The minimum Gasteiger partial charge on any atom is -0.477 e. The van der Waals surface area contributed by atoms with Crippen LogP contribution in [-0.4, -0.2) is 16.6 Å². The summed E-state index contributed by atoms with van der Waals surface area (Å²) in [7, 11) is 0. The Hall–Kier alpha value is -0.880. The highest BCUT2D eigenvalue weighted by molar-refractivity contribution is 9.10. The molecule has 1 fully saturated rings. The van der Waals surface area contributed by atoms with Gasteiger partial charge in [0, 0.05) is 0 Å². The highest BCUT2D eigenvalue weighted by Gasteiger charge is 2.17. The molecule has 2 rings (SSSR count). The molecule has 1 aliphatic rings. The van der Waals surface area contributed by atoms with Crippen molar-refractivity contribution < 1.29 is 4.74 Å². The van der Waals surface area contributed by atoms with Gasteiger partial charge in [0.25, 0.3) is 0 Å². The number of anilines is 1. The lowest BCUT2D eigenvalue weighted by atomic mass is 9.83. The lowest BCUT2D eigenvalue weighted by molar-refractivity contribution is 0.216. The van der Waals surface area contributed by atoms with Crippen LogP contribution in [0.25, 0.3) is 0 Å². The second kappa shape index (κ2) is 5.45. The summed E-state index contributed by atoms with van der Waals surface area (Å²) >= 11 is 3.34. The molecule has 1 heterocycles. The van der Waals surface area contributed by atoms with Crippen molar-refractivity contribution in [2.45, 2.75) is 25.7 Å². The summed E-state index contributed by atoms with van der Waals surface area (Å²) in [4.78, 5) is 8.07. The van der Waals surface area contributed by atoms with Gasteiger partial charge in [-0.25, -0.2) is 10.8 Å². The minimum atomic E-state index is 0.363. The summed E-state index contributed by atoms with van der Waals surface area (Å²) in [6.45, 7) is 0.699. The van der Waals surface area contributed by atoms with Gasteiger partial charge in [0.05, 0.1) is 17.3 Å². The Morgan fingerprint density at radius 2 is 2.38 bits per heavy atom. The number of nitrogens with one attached hydrogen (secondary N) is 1. The number of hydrazine groups is 1. The Morgan fingerprint density at radius 3 is 3.00 bits per heavy atom. The van der Waals surface area contributed by atoms with Crippen LogP contribution in [0.4, 0.5) is 5.95 Å². The largest absolute Gasteiger partial charge is 0.477 e. The van der Waals surface area contributed by atoms with Crippen molar-refractivity contribution in [2.75, 3.05) is 12.0 Å². The van der Waals surface area contributed by atoms with Crippen LogP contribution in [0.3, 0.4) is 0 Å². The number of ether oxygens (including phenoxy) is 1. The molecular weight excluding hydrogens is 272 g/mol. The van der Waals surface area contributed by atoms with Gasteiger partial charge in [-0.15, -0.1) is 0 Å². The zero-order valence-corrected chi connectivity index (χ0v) is 10.5. The Balaban J connectivity index is 1.86. The summed E-state index contributed by atoms with van der Waals surface area (Å²) < 4.78 is 6.34. The fourth-order valence-electron chi connectivity index (χ4n) is 1.63. The van der Waals surface area contributed by atoms with Crippen LogP contribution in [0.15, 0.2) is 10.7 Å². The number of aromatic nitrogens is 2. The van der Waals surface area contributed by atoms with Crippen molar-refractivity contribution in [2.24, 2.45) is 11.8 Å². The molecule has 0 radical (unpaired) electrons. The number of halogens is 1. The van der Waals surface area contributed by atoms with Gasteiger partial charge in [-0.2, -0.15) is 4.98 Å². The van der Waals surface area contributed by atoms with E-state index in [4.69, 9.17) is 10.6 Å². The average molecular weight is 287 g/mol. The van der Waals surface area contributed by atoms with E-state index in [-0.39, 0.29) is 0 Å². The molecule has 5 nitrogen and oxygen atoms in total. The van der Waals surface area contributed by atoms with E-state index in [1.54, 1.807) is 6.20 Å². The average Bonchev–Trinajstić information content (AvgIpc) is 2.24. The quantitative estimate of drug-likeness (QED) is 0.641. The normalized spacial score (nSPS) is 15.6. The van der Waals surface area contributed by atoms with Crippen LogP contribution in [-0.2, 0) is 0 Å². The Labute approximate surface area is 103 Å². The molecule has 0 amide bonds. The number of hydrogen-bond acceptors (Lipinski definition) is 5. The number of nitrogens with two attached hydrogens (primary N) is 1. The van der Waals surface area contributed by atoms with Gasteiger partial charge in [-0.1, -0.05) is 19.3 Å². The molecule has 0 unspecified atom stereocenters. The fraction of sp³-hybridized carbons (Fsp3) is 0.600. The minimum absolute atomic E-state index is 0.363. The van der Waals surface area contributed by atoms with Crippen molar-refractivity contribution in [3.05, 3.63) is 10.7 Å². The number of nitrogens with zero attached hydrogens (tertiary/aromatic N) is 2. The van der Waals surface area contributed by atoms with Crippen LogP contribution < -0.4 is 16.0 Å². The molecule has 0 saturated heterocycles. The van der Waals surface area contributed by atoms with Gasteiger partial charge >= 0.3 is 0 Å². The lowest BCUT2D eigenvalue weighted by Crippen LogP contribution is -2.15. The number of rotatable bonds is 5. The van der Waals surface area contributed by atoms with Crippen molar-refractivity contribution in [3.8, 4) is 5.88 Å². The first kappa shape index (κ1) is 11.6. The molecule has 1 saturated carbocycles. The third kappa shape index (κ3) is 2.82. The topological polar surface area (TPSA) is 73.1 Å². The molecule has 0 aliphatic heterocycles. The molecule has 1 aromatic heterocycles.